The summed E-state index contributed by atoms with van der Waals surface area (Å²) < 4.78 is 5.10. The van der Waals surface area contributed by atoms with Crippen LogP contribution in [0.25, 0.3) is 0 Å². The second-order valence-corrected chi connectivity index (χ2v) is 4.67. The fraction of sp³-hybridized carbons (Fsp3) is 0.500. The molecule has 2 rings (SSSR count). The molecular formula is C14H20N2O2. The number of carbonyl (C=O) groups is 1. The molecule has 4 nitrogen and oxygen atoms in total. The van der Waals surface area contributed by atoms with E-state index in [4.69, 9.17) is 4.74 Å². The van der Waals surface area contributed by atoms with Crippen molar-refractivity contribution in [2.24, 2.45) is 0 Å². The zero-order valence-corrected chi connectivity index (χ0v) is 11.0. The SMILES string of the molecule is COC(C)CNC(=O)c1ccc2c(c1)CNCC2. The summed E-state index contributed by atoms with van der Waals surface area (Å²) in [6.45, 7) is 4.33. The summed E-state index contributed by atoms with van der Waals surface area (Å²) >= 11 is 0. The minimum atomic E-state index is -0.0349. The first-order valence-electron chi connectivity index (χ1n) is 6.34. The van der Waals surface area contributed by atoms with Crippen LogP contribution in [0.5, 0.6) is 0 Å². The van der Waals surface area contributed by atoms with Crippen LogP contribution < -0.4 is 10.6 Å². The van der Waals surface area contributed by atoms with Crippen molar-refractivity contribution >= 4 is 5.91 Å². The van der Waals surface area contributed by atoms with Crippen LogP contribution in [0.1, 0.15) is 28.4 Å². The molecule has 18 heavy (non-hydrogen) atoms. The van der Waals surface area contributed by atoms with Gasteiger partial charge >= 0.3 is 0 Å². The van der Waals surface area contributed by atoms with Crippen molar-refractivity contribution in [1.29, 1.82) is 0 Å². The predicted molar refractivity (Wildman–Crippen MR) is 70.7 cm³/mol. The number of hydrogen-bond acceptors (Lipinski definition) is 3. The van der Waals surface area contributed by atoms with E-state index in [1.165, 1.54) is 11.1 Å². The molecule has 0 saturated carbocycles. The monoisotopic (exact) mass is 248 g/mol. The molecule has 4 heteroatoms. The fourth-order valence-corrected chi connectivity index (χ4v) is 2.04. The van der Waals surface area contributed by atoms with Crippen LogP contribution in [0.2, 0.25) is 0 Å². The topological polar surface area (TPSA) is 50.4 Å². The third-order valence-electron chi connectivity index (χ3n) is 3.31. The smallest absolute Gasteiger partial charge is 0.251 e. The zero-order valence-electron chi connectivity index (χ0n) is 11.0. The predicted octanol–water partition coefficient (Wildman–Crippen LogP) is 1.10. The van der Waals surface area contributed by atoms with Crippen LogP contribution >= 0.6 is 0 Å². The molecule has 0 fully saturated rings. The van der Waals surface area contributed by atoms with Crippen molar-refractivity contribution in [2.75, 3.05) is 20.2 Å². The van der Waals surface area contributed by atoms with Gasteiger partial charge in [-0.25, -0.2) is 0 Å². The average molecular weight is 248 g/mol. The Kier molecular flexibility index (Phi) is 4.33. The molecule has 0 aliphatic carbocycles. The maximum Gasteiger partial charge on any atom is 0.251 e. The molecule has 1 aromatic rings. The largest absolute Gasteiger partial charge is 0.380 e. The van der Waals surface area contributed by atoms with Crippen molar-refractivity contribution in [2.45, 2.75) is 26.0 Å². The minimum absolute atomic E-state index is 0.0349. The molecule has 2 N–H and O–H groups in total. The number of carbonyl (C=O) groups excluding carboxylic acids is 1. The van der Waals surface area contributed by atoms with Gasteiger partial charge in [-0.3, -0.25) is 4.79 Å². The van der Waals surface area contributed by atoms with Crippen LogP contribution in [0.3, 0.4) is 0 Å². The molecule has 1 aliphatic rings. The molecule has 0 aromatic heterocycles. The van der Waals surface area contributed by atoms with E-state index in [0.29, 0.717) is 6.54 Å². The number of benzene rings is 1. The number of rotatable bonds is 4. The lowest BCUT2D eigenvalue weighted by Crippen LogP contribution is -2.32. The van der Waals surface area contributed by atoms with E-state index in [2.05, 4.69) is 16.7 Å². The van der Waals surface area contributed by atoms with E-state index < -0.39 is 0 Å². The minimum Gasteiger partial charge on any atom is -0.380 e. The Morgan fingerprint density at radius 2 is 2.33 bits per heavy atom. The van der Waals surface area contributed by atoms with Crippen LogP contribution in [-0.4, -0.2) is 32.2 Å². The number of nitrogens with one attached hydrogen (secondary N) is 2. The van der Waals surface area contributed by atoms with Crippen LogP contribution in [0, 0.1) is 0 Å². The van der Waals surface area contributed by atoms with Gasteiger partial charge in [-0.2, -0.15) is 0 Å². The molecule has 0 saturated heterocycles. The zero-order chi connectivity index (χ0) is 13.0. The van der Waals surface area contributed by atoms with E-state index in [0.717, 1.165) is 25.1 Å². The first-order chi connectivity index (χ1) is 8.70. The van der Waals surface area contributed by atoms with Crippen molar-refractivity contribution < 1.29 is 9.53 Å². The first kappa shape index (κ1) is 13.1. The second-order valence-electron chi connectivity index (χ2n) is 4.67. The molecule has 1 heterocycles. The van der Waals surface area contributed by atoms with E-state index in [-0.39, 0.29) is 12.0 Å². The van der Waals surface area contributed by atoms with E-state index >= 15 is 0 Å². The highest BCUT2D eigenvalue weighted by atomic mass is 16.5. The van der Waals surface area contributed by atoms with E-state index in [9.17, 15) is 4.79 Å². The molecule has 98 valence electrons. The molecule has 0 spiro atoms. The molecule has 1 aliphatic heterocycles. The molecule has 0 radical (unpaired) electrons. The lowest BCUT2D eigenvalue weighted by Gasteiger charge is -2.18. The summed E-state index contributed by atoms with van der Waals surface area (Å²) in [6.07, 6.45) is 1.08. The Labute approximate surface area is 108 Å². The second kappa shape index (κ2) is 5.98. The lowest BCUT2D eigenvalue weighted by atomic mass is 9.98. The van der Waals surface area contributed by atoms with Gasteiger partial charge in [0.2, 0.25) is 0 Å². The Hall–Kier alpha value is -1.39. The highest BCUT2D eigenvalue weighted by Crippen LogP contribution is 2.15. The van der Waals surface area contributed by atoms with Gasteiger partial charge in [-0.15, -0.1) is 0 Å². The van der Waals surface area contributed by atoms with Gasteiger partial charge < -0.3 is 15.4 Å². The quantitative estimate of drug-likeness (QED) is 0.839. The number of ether oxygens (including phenoxy) is 1. The number of methoxy groups -OCH3 is 1. The summed E-state index contributed by atoms with van der Waals surface area (Å²) in [5, 5.41) is 6.19. The molecule has 1 aromatic carbocycles. The van der Waals surface area contributed by atoms with Crippen molar-refractivity contribution in [3.63, 3.8) is 0 Å². The third kappa shape index (κ3) is 3.09. The summed E-state index contributed by atoms with van der Waals surface area (Å²) in [7, 11) is 1.64. The number of amides is 1. The molecule has 1 amide bonds. The van der Waals surface area contributed by atoms with Gasteiger partial charge in [0.1, 0.15) is 0 Å². The Balaban J connectivity index is 2.02. The summed E-state index contributed by atoms with van der Waals surface area (Å²) in [6, 6.07) is 5.94. The maximum atomic E-state index is 12.0. The van der Waals surface area contributed by atoms with Gasteiger partial charge in [0, 0.05) is 25.8 Å². The van der Waals surface area contributed by atoms with Crippen molar-refractivity contribution in [1.82, 2.24) is 10.6 Å². The highest BCUT2D eigenvalue weighted by Gasteiger charge is 2.12. The molecule has 1 atom stereocenters. The average Bonchev–Trinajstić information content (AvgIpc) is 2.43. The molecule has 0 bridgehead atoms. The molecule has 1 unspecified atom stereocenters. The van der Waals surface area contributed by atoms with Gasteiger partial charge in [-0.05, 0) is 43.1 Å². The van der Waals surface area contributed by atoms with Gasteiger partial charge in [-0.1, -0.05) is 6.07 Å². The summed E-state index contributed by atoms with van der Waals surface area (Å²) in [5.41, 5.74) is 3.30. The fourth-order valence-electron chi connectivity index (χ4n) is 2.04. The first-order valence-corrected chi connectivity index (χ1v) is 6.34. The van der Waals surface area contributed by atoms with Gasteiger partial charge in [0.05, 0.1) is 6.10 Å². The lowest BCUT2D eigenvalue weighted by molar-refractivity contribution is 0.0870. The normalized spacial score (nSPS) is 15.9. The Bertz CT molecular complexity index is 432. The van der Waals surface area contributed by atoms with E-state index in [1.54, 1.807) is 7.11 Å². The highest BCUT2D eigenvalue weighted by molar-refractivity contribution is 5.94. The van der Waals surface area contributed by atoms with Gasteiger partial charge in [0.25, 0.3) is 5.91 Å². The van der Waals surface area contributed by atoms with Crippen molar-refractivity contribution in [3.8, 4) is 0 Å². The third-order valence-corrected chi connectivity index (χ3v) is 3.31. The molecular weight excluding hydrogens is 228 g/mol. The Morgan fingerprint density at radius 1 is 1.50 bits per heavy atom. The summed E-state index contributed by atoms with van der Waals surface area (Å²) in [4.78, 5) is 12.0. The van der Waals surface area contributed by atoms with Crippen LogP contribution in [0.15, 0.2) is 18.2 Å². The Morgan fingerprint density at radius 3 is 3.11 bits per heavy atom. The number of hydrogen-bond donors (Lipinski definition) is 2. The standard InChI is InChI=1S/C14H20N2O2/c1-10(18-2)8-16-14(17)12-4-3-11-5-6-15-9-13(11)7-12/h3-4,7,10,15H,5-6,8-9H2,1-2H3,(H,16,17). The van der Waals surface area contributed by atoms with Crippen molar-refractivity contribution in [3.05, 3.63) is 34.9 Å². The number of fused-ring (bicyclic) bond motifs is 1. The summed E-state index contributed by atoms with van der Waals surface area (Å²) in [5.74, 6) is -0.0349. The van der Waals surface area contributed by atoms with Crippen LogP contribution in [0.4, 0.5) is 0 Å². The van der Waals surface area contributed by atoms with Gasteiger partial charge in [0.15, 0.2) is 0 Å². The van der Waals surface area contributed by atoms with Crippen LogP contribution in [-0.2, 0) is 17.7 Å². The maximum absolute atomic E-state index is 12.0. The van der Waals surface area contributed by atoms with E-state index in [1.807, 2.05) is 19.1 Å².